The van der Waals surface area contributed by atoms with Crippen molar-refractivity contribution in [2.45, 2.75) is 20.8 Å². The van der Waals surface area contributed by atoms with E-state index < -0.39 is 0 Å². The molecule has 0 bridgehead atoms. The molecule has 0 saturated heterocycles. The zero-order valence-corrected chi connectivity index (χ0v) is 8.67. The topological polar surface area (TPSA) is 20.2 Å². The third-order valence-electron chi connectivity index (χ3n) is 1.68. The Labute approximate surface area is 80.8 Å². The maximum Gasteiger partial charge on any atom is 0.115 e. The van der Waals surface area contributed by atoms with Crippen LogP contribution < -0.4 is 0 Å². The van der Waals surface area contributed by atoms with Crippen molar-refractivity contribution in [1.29, 1.82) is 0 Å². The fraction of sp³-hybridized carbons (Fsp3) is 0.333. The second kappa shape index (κ2) is 4.70. The SMILES string of the molecule is C=C/C=C(\C=C(\O)C=C)C(C)(C)C. The number of hydrogen-bond donors (Lipinski definition) is 1. The van der Waals surface area contributed by atoms with Gasteiger partial charge in [-0.1, -0.05) is 46.1 Å². The Bertz CT molecular complexity index is 249. The van der Waals surface area contributed by atoms with Crippen LogP contribution >= 0.6 is 0 Å². The molecule has 0 aromatic rings. The lowest BCUT2D eigenvalue weighted by Gasteiger charge is -2.20. The van der Waals surface area contributed by atoms with E-state index in [4.69, 9.17) is 0 Å². The molecular weight excluding hydrogens is 160 g/mol. The second-order valence-corrected chi connectivity index (χ2v) is 3.88. The summed E-state index contributed by atoms with van der Waals surface area (Å²) in [5.74, 6) is 0.183. The molecule has 1 heteroatoms. The third kappa shape index (κ3) is 4.36. The predicted octanol–water partition coefficient (Wildman–Crippen LogP) is 3.77. The summed E-state index contributed by atoms with van der Waals surface area (Å²) in [6.07, 6.45) is 6.73. The number of allylic oxidation sites excluding steroid dienone is 5. The Morgan fingerprint density at radius 3 is 2.08 bits per heavy atom. The average molecular weight is 178 g/mol. The first-order valence-electron chi connectivity index (χ1n) is 4.28. The van der Waals surface area contributed by atoms with Crippen molar-refractivity contribution < 1.29 is 5.11 Å². The Hall–Kier alpha value is -1.24. The molecule has 0 aliphatic carbocycles. The summed E-state index contributed by atoms with van der Waals surface area (Å²) in [6, 6.07) is 0. The maximum atomic E-state index is 9.29. The highest BCUT2D eigenvalue weighted by Gasteiger charge is 2.14. The molecule has 0 rings (SSSR count). The monoisotopic (exact) mass is 178 g/mol. The van der Waals surface area contributed by atoms with E-state index in [0.29, 0.717) is 0 Å². The molecule has 13 heavy (non-hydrogen) atoms. The van der Waals surface area contributed by atoms with Gasteiger partial charge in [0.1, 0.15) is 5.76 Å². The Morgan fingerprint density at radius 2 is 1.77 bits per heavy atom. The van der Waals surface area contributed by atoms with Crippen LogP contribution in [-0.4, -0.2) is 5.11 Å². The average Bonchev–Trinajstić information content (AvgIpc) is 2.01. The van der Waals surface area contributed by atoms with Gasteiger partial charge in [0.05, 0.1) is 0 Å². The van der Waals surface area contributed by atoms with Crippen molar-refractivity contribution in [3.05, 3.63) is 48.8 Å². The maximum absolute atomic E-state index is 9.29. The summed E-state index contributed by atoms with van der Waals surface area (Å²) < 4.78 is 0. The number of rotatable bonds is 3. The highest BCUT2D eigenvalue weighted by molar-refractivity contribution is 5.31. The summed E-state index contributed by atoms with van der Waals surface area (Å²) in [5.41, 5.74) is 1.03. The van der Waals surface area contributed by atoms with Crippen LogP contribution in [-0.2, 0) is 0 Å². The minimum Gasteiger partial charge on any atom is -0.508 e. The smallest absolute Gasteiger partial charge is 0.115 e. The zero-order chi connectivity index (χ0) is 10.5. The van der Waals surface area contributed by atoms with Crippen LogP contribution in [0, 0.1) is 5.41 Å². The molecule has 1 N–H and O–H groups in total. The minimum atomic E-state index is 0.00514. The quantitative estimate of drug-likeness (QED) is 0.515. The molecule has 0 aromatic carbocycles. The van der Waals surface area contributed by atoms with Crippen molar-refractivity contribution in [2.24, 2.45) is 5.41 Å². The molecule has 0 heterocycles. The highest BCUT2D eigenvalue weighted by Crippen LogP contribution is 2.26. The first-order valence-corrected chi connectivity index (χ1v) is 4.28. The van der Waals surface area contributed by atoms with Gasteiger partial charge in [-0.25, -0.2) is 0 Å². The summed E-state index contributed by atoms with van der Waals surface area (Å²) in [6.45, 7) is 13.4. The van der Waals surface area contributed by atoms with Gasteiger partial charge in [0, 0.05) is 0 Å². The molecule has 0 amide bonds. The summed E-state index contributed by atoms with van der Waals surface area (Å²) in [7, 11) is 0. The van der Waals surface area contributed by atoms with Crippen molar-refractivity contribution >= 4 is 0 Å². The lowest BCUT2D eigenvalue weighted by atomic mass is 9.85. The first-order chi connectivity index (χ1) is 5.91. The molecule has 1 nitrogen and oxygen atoms in total. The third-order valence-corrected chi connectivity index (χ3v) is 1.68. The fourth-order valence-corrected chi connectivity index (χ4v) is 0.860. The van der Waals surface area contributed by atoms with Gasteiger partial charge in [-0.15, -0.1) is 0 Å². The van der Waals surface area contributed by atoms with Gasteiger partial charge in [-0.2, -0.15) is 0 Å². The van der Waals surface area contributed by atoms with Gasteiger partial charge in [0.15, 0.2) is 0 Å². The van der Waals surface area contributed by atoms with Crippen LogP contribution in [0.5, 0.6) is 0 Å². The standard InChI is InChI=1S/C12H18O/c1-6-8-10(12(3,4)5)9-11(13)7-2/h6-9,13H,1-2H2,3-5H3/b10-8+,11-9+. The van der Waals surface area contributed by atoms with Gasteiger partial charge in [-0.05, 0) is 23.1 Å². The lowest BCUT2D eigenvalue weighted by Crippen LogP contribution is -2.07. The number of aliphatic hydroxyl groups excluding tert-OH is 1. The van der Waals surface area contributed by atoms with Gasteiger partial charge in [0.2, 0.25) is 0 Å². The first kappa shape index (κ1) is 11.8. The van der Waals surface area contributed by atoms with Crippen LogP contribution in [0.25, 0.3) is 0 Å². The van der Waals surface area contributed by atoms with Crippen molar-refractivity contribution in [3.63, 3.8) is 0 Å². The van der Waals surface area contributed by atoms with Crippen LogP contribution in [0.1, 0.15) is 20.8 Å². The van der Waals surface area contributed by atoms with Gasteiger partial charge < -0.3 is 5.11 Å². The van der Waals surface area contributed by atoms with Gasteiger partial charge >= 0.3 is 0 Å². The fourth-order valence-electron chi connectivity index (χ4n) is 0.860. The van der Waals surface area contributed by atoms with Crippen LogP contribution in [0.3, 0.4) is 0 Å². The minimum absolute atomic E-state index is 0.00514. The van der Waals surface area contributed by atoms with Crippen LogP contribution in [0.15, 0.2) is 48.8 Å². The highest BCUT2D eigenvalue weighted by atomic mass is 16.3. The molecule has 0 spiro atoms. The molecule has 0 fully saturated rings. The van der Waals surface area contributed by atoms with E-state index in [-0.39, 0.29) is 11.2 Å². The van der Waals surface area contributed by atoms with Crippen molar-refractivity contribution in [2.75, 3.05) is 0 Å². The lowest BCUT2D eigenvalue weighted by molar-refractivity contribution is 0.427. The van der Waals surface area contributed by atoms with E-state index in [1.54, 1.807) is 12.2 Å². The predicted molar refractivity (Wildman–Crippen MR) is 58.6 cm³/mol. The van der Waals surface area contributed by atoms with Crippen LogP contribution in [0.2, 0.25) is 0 Å². The Kier molecular flexibility index (Phi) is 4.26. The van der Waals surface area contributed by atoms with E-state index in [9.17, 15) is 5.11 Å². The normalized spacial score (nSPS) is 14.1. The molecule has 0 unspecified atom stereocenters. The molecule has 0 aliphatic rings. The Balaban J connectivity index is 4.96. The summed E-state index contributed by atoms with van der Waals surface area (Å²) >= 11 is 0. The second-order valence-electron chi connectivity index (χ2n) is 3.88. The van der Waals surface area contributed by atoms with E-state index in [0.717, 1.165) is 5.57 Å². The Morgan fingerprint density at radius 1 is 1.23 bits per heavy atom. The van der Waals surface area contributed by atoms with Crippen molar-refractivity contribution in [3.8, 4) is 0 Å². The van der Waals surface area contributed by atoms with Gasteiger partial charge in [-0.3, -0.25) is 0 Å². The van der Waals surface area contributed by atoms with E-state index in [1.807, 2.05) is 6.08 Å². The summed E-state index contributed by atoms with van der Waals surface area (Å²) in [5, 5.41) is 9.29. The zero-order valence-electron chi connectivity index (χ0n) is 8.67. The molecule has 0 aliphatic heterocycles. The van der Waals surface area contributed by atoms with E-state index >= 15 is 0 Å². The number of hydrogen-bond acceptors (Lipinski definition) is 1. The van der Waals surface area contributed by atoms with Crippen molar-refractivity contribution in [1.82, 2.24) is 0 Å². The molecular formula is C12H18O. The molecule has 0 radical (unpaired) electrons. The van der Waals surface area contributed by atoms with E-state index in [1.165, 1.54) is 6.08 Å². The van der Waals surface area contributed by atoms with E-state index in [2.05, 4.69) is 33.9 Å². The molecule has 0 saturated carbocycles. The van der Waals surface area contributed by atoms with Crippen LogP contribution in [0.4, 0.5) is 0 Å². The molecule has 72 valence electrons. The summed E-state index contributed by atoms with van der Waals surface area (Å²) in [4.78, 5) is 0. The molecule has 0 aromatic heterocycles. The van der Waals surface area contributed by atoms with Gasteiger partial charge in [0.25, 0.3) is 0 Å². The largest absolute Gasteiger partial charge is 0.508 e. The molecule has 0 atom stereocenters. The number of aliphatic hydroxyl groups is 1.